The third-order valence-corrected chi connectivity index (χ3v) is 2.69. The standard InChI is InChI=1S/C14H12F2N2O2/c15-9-6-10(16)14(11(17)7-9)18-13(20)5-8-3-1-2-4-12(8)19/h1-4,6-7,19H,5,17H2,(H,18,20). The highest BCUT2D eigenvalue weighted by atomic mass is 19.1. The molecule has 104 valence electrons. The van der Waals surface area contributed by atoms with E-state index in [1.54, 1.807) is 18.2 Å². The van der Waals surface area contributed by atoms with Gasteiger partial charge in [0.05, 0.1) is 12.1 Å². The molecule has 1 amide bonds. The summed E-state index contributed by atoms with van der Waals surface area (Å²) in [7, 11) is 0. The number of nitrogens with two attached hydrogens (primary N) is 1. The second-order valence-corrected chi connectivity index (χ2v) is 4.21. The minimum Gasteiger partial charge on any atom is -0.508 e. The molecule has 0 saturated carbocycles. The second-order valence-electron chi connectivity index (χ2n) is 4.21. The molecule has 4 nitrogen and oxygen atoms in total. The minimum atomic E-state index is -0.951. The number of aromatic hydroxyl groups is 1. The number of phenolic OH excluding ortho intramolecular Hbond substituents is 1. The molecule has 0 bridgehead atoms. The molecule has 0 radical (unpaired) electrons. The van der Waals surface area contributed by atoms with Crippen LogP contribution in [0, 0.1) is 11.6 Å². The van der Waals surface area contributed by atoms with E-state index < -0.39 is 17.5 Å². The van der Waals surface area contributed by atoms with Crippen molar-refractivity contribution in [3.8, 4) is 5.75 Å². The predicted molar refractivity (Wildman–Crippen MR) is 71.2 cm³/mol. The predicted octanol–water partition coefficient (Wildman–Crippen LogP) is 2.43. The van der Waals surface area contributed by atoms with Crippen molar-refractivity contribution in [3.63, 3.8) is 0 Å². The number of phenols is 1. The molecule has 2 aromatic rings. The Balaban J connectivity index is 2.15. The molecule has 6 heteroatoms. The van der Waals surface area contributed by atoms with Gasteiger partial charge in [-0.05, 0) is 12.1 Å². The molecule has 0 aromatic heterocycles. The Kier molecular flexibility index (Phi) is 3.84. The molecule has 0 saturated heterocycles. The Morgan fingerprint density at radius 3 is 2.60 bits per heavy atom. The number of nitrogen functional groups attached to an aromatic ring is 1. The SMILES string of the molecule is Nc1cc(F)cc(F)c1NC(=O)Cc1ccccc1O. The summed E-state index contributed by atoms with van der Waals surface area (Å²) in [6, 6.07) is 7.84. The van der Waals surface area contributed by atoms with Gasteiger partial charge in [-0.1, -0.05) is 18.2 Å². The van der Waals surface area contributed by atoms with Crippen molar-refractivity contribution in [1.29, 1.82) is 0 Å². The van der Waals surface area contributed by atoms with Crippen molar-refractivity contribution in [2.45, 2.75) is 6.42 Å². The third kappa shape index (κ3) is 3.03. The lowest BCUT2D eigenvalue weighted by Gasteiger charge is -2.10. The Bertz CT molecular complexity index is 636. The summed E-state index contributed by atoms with van der Waals surface area (Å²) >= 11 is 0. The van der Waals surface area contributed by atoms with E-state index in [4.69, 9.17) is 5.73 Å². The van der Waals surface area contributed by atoms with Gasteiger partial charge in [-0.3, -0.25) is 4.79 Å². The Morgan fingerprint density at radius 1 is 1.25 bits per heavy atom. The summed E-state index contributed by atoms with van der Waals surface area (Å²) in [5.41, 5.74) is 5.37. The van der Waals surface area contributed by atoms with E-state index in [-0.39, 0.29) is 23.5 Å². The highest BCUT2D eigenvalue weighted by Gasteiger charge is 2.13. The topological polar surface area (TPSA) is 75.3 Å². The summed E-state index contributed by atoms with van der Waals surface area (Å²) in [5.74, 6) is -2.37. The first-order valence-electron chi connectivity index (χ1n) is 5.78. The Hall–Kier alpha value is -2.63. The number of rotatable bonds is 3. The fourth-order valence-corrected chi connectivity index (χ4v) is 1.74. The van der Waals surface area contributed by atoms with E-state index in [9.17, 15) is 18.7 Å². The summed E-state index contributed by atoms with van der Waals surface area (Å²) in [6.45, 7) is 0. The number of para-hydroxylation sites is 1. The summed E-state index contributed by atoms with van der Waals surface area (Å²) in [5, 5.41) is 11.8. The van der Waals surface area contributed by atoms with Crippen LogP contribution in [0.1, 0.15) is 5.56 Å². The van der Waals surface area contributed by atoms with E-state index in [0.29, 0.717) is 11.6 Å². The number of anilines is 2. The average Bonchev–Trinajstić information content (AvgIpc) is 2.36. The molecule has 0 heterocycles. The monoisotopic (exact) mass is 278 g/mol. The van der Waals surface area contributed by atoms with Crippen molar-refractivity contribution in [2.24, 2.45) is 0 Å². The van der Waals surface area contributed by atoms with Crippen LogP contribution >= 0.6 is 0 Å². The smallest absolute Gasteiger partial charge is 0.229 e. The molecule has 2 aromatic carbocycles. The van der Waals surface area contributed by atoms with Crippen molar-refractivity contribution in [3.05, 3.63) is 53.6 Å². The molecule has 0 fully saturated rings. The zero-order valence-corrected chi connectivity index (χ0v) is 10.4. The molecule has 2 rings (SSSR count). The minimum absolute atomic E-state index is 0.0322. The summed E-state index contributed by atoms with van der Waals surface area (Å²) < 4.78 is 26.4. The zero-order valence-electron chi connectivity index (χ0n) is 10.4. The van der Waals surface area contributed by atoms with Crippen LogP contribution in [0.15, 0.2) is 36.4 Å². The molecular formula is C14H12F2N2O2. The lowest BCUT2D eigenvalue weighted by Crippen LogP contribution is -2.16. The number of amides is 1. The van der Waals surface area contributed by atoms with Crippen LogP contribution in [-0.4, -0.2) is 11.0 Å². The quantitative estimate of drug-likeness (QED) is 0.755. The van der Waals surface area contributed by atoms with Crippen LogP contribution in [-0.2, 0) is 11.2 Å². The lowest BCUT2D eigenvalue weighted by atomic mass is 10.1. The molecule has 0 unspecified atom stereocenters. The Morgan fingerprint density at radius 2 is 1.95 bits per heavy atom. The van der Waals surface area contributed by atoms with Gasteiger partial charge in [0.25, 0.3) is 0 Å². The van der Waals surface area contributed by atoms with Gasteiger partial charge in [-0.25, -0.2) is 8.78 Å². The van der Waals surface area contributed by atoms with E-state index in [0.717, 1.165) is 6.07 Å². The lowest BCUT2D eigenvalue weighted by molar-refractivity contribution is -0.115. The van der Waals surface area contributed by atoms with Gasteiger partial charge in [0.15, 0.2) is 5.82 Å². The van der Waals surface area contributed by atoms with Gasteiger partial charge in [0.1, 0.15) is 17.3 Å². The van der Waals surface area contributed by atoms with E-state index >= 15 is 0 Å². The van der Waals surface area contributed by atoms with Crippen molar-refractivity contribution in [2.75, 3.05) is 11.1 Å². The maximum atomic E-state index is 13.5. The number of benzene rings is 2. The molecule has 4 N–H and O–H groups in total. The number of carbonyl (C=O) groups excluding carboxylic acids is 1. The van der Waals surface area contributed by atoms with Crippen molar-refractivity contribution < 1.29 is 18.7 Å². The van der Waals surface area contributed by atoms with Gasteiger partial charge in [-0.15, -0.1) is 0 Å². The number of nitrogens with one attached hydrogen (secondary N) is 1. The molecule has 0 spiro atoms. The molecule has 0 aliphatic rings. The molecule has 0 atom stereocenters. The highest BCUT2D eigenvalue weighted by molar-refractivity contribution is 5.95. The fourth-order valence-electron chi connectivity index (χ4n) is 1.74. The van der Waals surface area contributed by atoms with E-state index in [2.05, 4.69) is 5.32 Å². The summed E-state index contributed by atoms with van der Waals surface area (Å²) in [6.07, 6.45) is -0.150. The van der Waals surface area contributed by atoms with Crippen LogP contribution in [0.4, 0.5) is 20.2 Å². The molecular weight excluding hydrogens is 266 g/mol. The van der Waals surface area contributed by atoms with Gasteiger partial charge >= 0.3 is 0 Å². The molecule has 0 aliphatic carbocycles. The first kappa shape index (κ1) is 13.8. The molecule has 20 heavy (non-hydrogen) atoms. The highest BCUT2D eigenvalue weighted by Crippen LogP contribution is 2.24. The van der Waals surface area contributed by atoms with Crippen LogP contribution in [0.5, 0.6) is 5.75 Å². The van der Waals surface area contributed by atoms with Crippen molar-refractivity contribution in [1.82, 2.24) is 0 Å². The van der Waals surface area contributed by atoms with Crippen LogP contribution in [0.3, 0.4) is 0 Å². The van der Waals surface area contributed by atoms with Crippen LogP contribution < -0.4 is 11.1 Å². The number of carbonyl (C=O) groups is 1. The van der Waals surface area contributed by atoms with Crippen LogP contribution in [0.2, 0.25) is 0 Å². The van der Waals surface area contributed by atoms with Crippen LogP contribution in [0.25, 0.3) is 0 Å². The van der Waals surface area contributed by atoms with Crippen molar-refractivity contribution >= 4 is 17.3 Å². The normalized spacial score (nSPS) is 10.3. The van der Waals surface area contributed by atoms with E-state index in [1.807, 2.05) is 0 Å². The first-order valence-corrected chi connectivity index (χ1v) is 5.78. The first-order chi connectivity index (χ1) is 9.47. The number of hydrogen-bond acceptors (Lipinski definition) is 3. The largest absolute Gasteiger partial charge is 0.508 e. The number of hydrogen-bond donors (Lipinski definition) is 3. The summed E-state index contributed by atoms with van der Waals surface area (Å²) in [4.78, 5) is 11.8. The average molecular weight is 278 g/mol. The maximum absolute atomic E-state index is 13.5. The van der Waals surface area contributed by atoms with Gasteiger partial charge < -0.3 is 16.2 Å². The molecule has 0 aliphatic heterocycles. The van der Waals surface area contributed by atoms with Gasteiger partial charge in [0, 0.05) is 11.6 Å². The fraction of sp³-hybridized carbons (Fsp3) is 0.0714. The zero-order chi connectivity index (χ0) is 14.7. The van der Waals surface area contributed by atoms with Gasteiger partial charge in [-0.2, -0.15) is 0 Å². The van der Waals surface area contributed by atoms with E-state index in [1.165, 1.54) is 6.07 Å². The Labute approximate surface area is 113 Å². The third-order valence-electron chi connectivity index (χ3n) is 2.69. The number of halogens is 2. The van der Waals surface area contributed by atoms with Gasteiger partial charge in [0.2, 0.25) is 5.91 Å². The maximum Gasteiger partial charge on any atom is 0.229 e. The second kappa shape index (κ2) is 5.56.